The molecule has 2 aliphatic rings. The smallest absolute Gasteiger partial charge is 0.302 e. The third kappa shape index (κ3) is 1.95. The van der Waals surface area contributed by atoms with Crippen LogP contribution in [0, 0.1) is 0 Å². The minimum atomic E-state index is -0.280. The van der Waals surface area contributed by atoms with E-state index in [-0.39, 0.29) is 18.8 Å². The summed E-state index contributed by atoms with van der Waals surface area (Å²) >= 11 is 0. The van der Waals surface area contributed by atoms with E-state index in [0.717, 1.165) is 22.8 Å². The molecule has 3 rings (SSSR count). The summed E-state index contributed by atoms with van der Waals surface area (Å²) in [4.78, 5) is 14.9. The molecule has 0 bridgehead atoms. The van der Waals surface area contributed by atoms with Gasteiger partial charge in [-0.1, -0.05) is 0 Å². The highest BCUT2D eigenvalue weighted by atomic mass is 16.7. The van der Waals surface area contributed by atoms with Gasteiger partial charge in [-0.2, -0.15) is 0 Å². The van der Waals surface area contributed by atoms with Gasteiger partial charge in [0.2, 0.25) is 6.79 Å². The fourth-order valence-electron chi connectivity index (χ4n) is 1.77. The van der Waals surface area contributed by atoms with Gasteiger partial charge < -0.3 is 14.2 Å². The summed E-state index contributed by atoms with van der Waals surface area (Å²) in [7, 11) is 0. The Morgan fingerprint density at radius 2 is 2.29 bits per heavy atom. The lowest BCUT2D eigenvalue weighted by molar-refractivity contribution is -0.140. The summed E-state index contributed by atoms with van der Waals surface area (Å²) in [6.07, 6.45) is 0. The molecular formula is C12H11NO4. The van der Waals surface area contributed by atoms with Crippen LogP contribution >= 0.6 is 0 Å². The van der Waals surface area contributed by atoms with Crippen molar-refractivity contribution in [1.82, 2.24) is 0 Å². The largest absolute Gasteiger partial charge is 0.463 e. The lowest BCUT2D eigenvalue weighted by Gasteiger charge is -2.00. The van der Waals surface area contributed by atoms with Crippen molar-refractivity contribution in [3.63, 3.8) is 0 Å². The summed E-state index contributed by atoms with van der Waals surface area (Å²) in [5.74, 6) is 1.21. The molecule has 2 heterocycles. The summed E-state index contributed by atoms with van der Waals surface area (Å²) in [6.45, 7) is 1.98. The summed E-state index contributed by atoms with van der Waals surface area (Å²) in [5, 5.41) is 0. The fourth-order valence-corrected chi connectivity index (χ4v) is 1.77. The molecule has 0 amide bonds. The second-order valence-electron chi connectivity index (χ2n) is 3.90. The first-order valence-corrected chi connectivity index (χ1v) is 5.35. The minimum Gasteiger partial charge on any atom is -0.463 e. The first-order chi connectivity index (χ1) is 8.24. The first-order valence-electron chi connectivity index (χ1n) is 5.35. The van der Waals surface area contributed by atoms with Gasteiger partial charge in [0.25, 0.3) is 0 Å². The molecule has 0 unspecified atom stereocenters. The second kappa shape index (κ2) is 3.76. The molecule has 0 aromatic heterocycles. The van der Waals surface area contributed by atoms with Crippen LogP contribution in [0.5, 0.6) is 11.5 Å². The van der Waals surface area contributed by atoms with E-state index in [1.165, 1.54) is 6.92 Å². The van der Waals surface area contributed by atoms with Gasteiger partial charge in [-0.15, -0.1) is 0 Å². The van der Waals surface area contributed by atoms with Crippen molar-refractivity contribution < 1.29 is 19.0 Å². The van der Waals surface area contributed by atoms with Gasteiger partial charge >= 0.3 is 5.97 Å². The second-order valence-corrected chi connectivity index (χ2v) is 3.90. The van der Waals surface area contributed by atoms with Gasteiger partial charge in [0, 0.05) is 12.5 Å². The van der Waals surface area contributed by atoms with Crippen molar-refractivity contribution in [2.45, 2.75) is 13.0 Å². The van der Waals surface area contributed by atoms with Gasteiger partial charge in [0.1, 0.15) is 12.6 Å². The molecule has 0 aliphatic carbocycles. The van der Waals surface area contributed by atoms with Crippen molar-refractivity contribution in [2.24, 2.45) is 4.99 Å². The number of fused-ring (bicyclic) bond motifs is 1. The number of esters is 1. The standard InChI is InChI=1S/C12H11NO4/c1-7(14)15-5-9-12(13-9)8-2-3-10-11(4-8)17-6-16-10/h2-4,9H,5-6H2,1H3/t9-/m0/s1. The molecule has 5 heteroatoms. The highest BCUT2D eigenvalue weighted by molar-refractivity contribution is 6.13. The van der Waals surface area contributed by atoms with Gasteiger partial charge in [0.05, 0.1) is 5.71 Å². The Morgan fingerprint density at radius 1 is 1.47 bits per heavy atom. The van der Waals surface area contributed by atoms with Gasteiger partial charge in [-0.05, 0) is 18.2 Å². The SMILES string of the molecule is CC(=O)OC[C@@H]1N=C1c1ccc2c(c1)OCO2. The summed E-state index contributed by atoms with van der Waals surface area (Å²) in [6, 6.07) is 5.69. The molecule has 1 aromatic carbocycles. The molecule has 0 fully saturated rings. The molecule has 0 N–H and O–H groups in total. The number of carbonyl (C=O) groups excluding carboxylic acids is 1. The van der Waals surface area contributed by atoms with Crippen LogP contribution in [0.1, 0.15) is 12.5 Å². The maximum absolute atomic E-state index is 10.7. The lowest BCUT2D eigenvalue weighted by Crippen LogP contribution is -2.11. The van der Waals surface area contributed by atoms with E-state index in [2.05, 4.69) is 4.99 Å². The van der Waals surface area contributed by atoms with Crippen molar-refractivity contribution in [1.29, 1.82) is 0 Å². The third-order valence-electron chi connectivity index (χ3n) is 2.66. The molecule has 0 radical (unpaired) electrons. The van der Waals surface area contributed by atoms with E-state index < -0.39 is 0 Å². The number of rotatable bonds is 3. The molecule has 5 nitrogen and oxygen atoms in total. The Balaban J connectivity index is 1.67. The molecule has 1 aromatic rings. The van der Waals surface area contributed by atoms with Gasteiger partial charge in [-0.3, -0.25) is 9.79 Å². The highest BCUT2D eigenvalue weighted by Gasteiger charge is 2.31. The van der Waals surface area contributed by atoms with Crippen LogP contribution in [-0.4, -0.2) is 31.1 Å². The number of hydrogen-bond donors (Lipinski definition) is 0. The van der Waals surface area contributed by atoms with E-state index >= 15 is 0 Å². The molecule has 17 heavy (non-hydrogen) atoms. The minimum absolute atomic E-state index is 0.000675. The van der Waals surface area contributed by atoms with Gasteiger partial charge in [-0.25, -0.2) is 0 Å². The molecule has 1 atom stereocenters. The van der Waals surface area contributed by atoms with Crippen LogP contribution in [0.15, 0.2) is 23.2 Å². The van der Waals surface area contributed by atoms with E-state index in [4.69, 9.17) is 14.2 Å². The quantitative estimate of drug-likeness (QED) is 0.735. The Bertz CT molecular complexity index is 509. The average molecular weight is 233 g/mol. The van der Waals surface area contributed by atoms with Crippen molar-refractivity contribution in [3.05, 3.63) is 23.8 Å². The Labute approximate surface area is 98.0 Å². The normalized spacial score (nSPS) is 19.8. The number of nitrogens with zero attached hydrogens (tertiary/aromatic N) is 1. The number of benzene rings is 1. The van der Waals surface area contributed by atoms with E-state index in [9.17, 15) is 4.79 Å². The highest BCUT2D eigenvalue weighted by Crippen LogP contribution is 2.34. The number of carbonyl (C=O) groups is 1. The molecule has 0 spiro atoms. The third-order valence-corrected chi connectivity index (χ3v) is 2.66. The van der Waals surface area contributed by atoms with Crippen molar-refractivity contribution in [3.8, 4) is 11.5 Å². The van der Waals surface area contributed by atoms with Crippen molar-refractivity contribution in [2.75, 3.05) is 13.4 Å². The fraction of sp³-hybridized carbons (Fsp3) is 0.333. The van der Waals surface area contributed by atoms with E-state index in [0.29, 0.717) is 6.61 Å². The monoisotopic (exact) mass is 233 g/mol. The maximum Gasteiger partial charge on any atom is 0.302 e. The van der Waals surface area contributed by atoms with Crippen molar-refractivity contribution >= 4 is 11.7 Å². The van der Waals surface area contributed by atoms with Crippen LogP contribution < -0.4 is 9.47 Å². The molecule has 2 aliphatic heterocycles. The van der Waals surface area contributed by atoms with Crippen LogP contribution in [0.2, 0.25) is 0 Å². The maximum atomic E-state index is 10.7. The number of hydrogen-bond acceptors (Lipinski definition) is 5. The number of ether oxygens (including phenoxy) is 3. The molecule has 0 saturated carbocycles. The molecular weight excluding hydrogens is 222 g/mol. The first kappa shape index (κ1) is 10.1. The van der Waals surface area contributed by atoms with E-state index in [1.807, 2.05) is 18.2 Å². The van der Waals surface area contributed by atoms with Crippen LogP contribution in [0.4, 0.5) is 0 Å². The van der Waals surface area contributed by atoms with Gasteiger partial charge in [0.15, 0.2) is 11.5 Å². The molecule has 0 saturated heterocycles. The predicted octanol–water partition coefficient (Wildman–Crippen LogP) is 1.15. The number of aliphatic imine (C=N–C) groups is 1. The Morgan fingerprint density at radius 3 is 3.12 bits per heavy atom. The Kier molecular flexibility index (Phi) is 2.24. The summed E-state index contributed by atoms with van der Waals surface area (Å²) in [5.41, 5.74) is 1.94. The predicted molar refractivity (Wildman–Crippen MR) is 59.5 cm³/mol. The zero-order valence-corrected chi connectivity index (χ0v) is 9.30. The van der Waals surface area contributed by atoms with Crippen LogP contribution in [-0.2, 0) is 9.53 Å². The average Bonchev–Trinajstić information content (AvgIpc) is 2.94. The lowest BCUT2D eigenvalue weighted by atomic mass is 10.1. The van der Waals surface area contributed by atoms with Crippen LogP contribution in [0.3, 0.4) is 0 Å². The Hall–Kier alpha value is -2.04. The van der Waals surface area contributed by atoms with Crippen LogP contribution in [0.25, 0.3) is 0 Å². The molecule has 88 valence electrons. The van der Waals surface area contributed by atoms with E-state index in [1.54, 1.807) is 0 Å². The topological polar surface area (TPSA) is 57.1 Å². The zero-order valence-electron chi connectivity index (χ0n) is 9.30. The summed E-state index contributed by atoms with van der Waals surface area (Å²) < 4.78 is 15.4. The zero-order chi connectivity index (χ0) is 11.8.